The first-order chi connectivity index (χ1) is 14.4. The molecule has 30 heavy (non-hydrogen) atoms. The molecule has 1 unspecified atom stereocenters. The van der Waals surface area contributed by atoms with E-state index in [9.17, 15) is 14.7 Å². The number of hydrogen-bond acceptors (Lipinski definition) is 2. The number of carboxylic acid groups (broad SMARTS) is 1. The maximum Gasteiger partial charge on any atom is 0.311 e. The van der Waals surface area contributed by atoms with Crippen LogP contribution in [-0.2, 0) is 31.7 Å². The molecule has 1 aliphatic carbocycles. The Kier molecular flexibility index (Phi) is 5.31. The van der Waals surface area contributed by atoms with Crippen LogP contribution in [0.2, 0.25) is 0 Å². The number of rotatable bonds is 5. The van der Waals surface area contributed by atoms with Gasteiger partial charge in [0, 0.05) is 36.3 Å². The van der Waals surface area contributed by atoms with E-state index in [0.717, 1.165) is 53.4 Å². The van der Waals surface area contributed by atoms with Crippen molar-refractivity contribution >= 4 is 17.0 Å². The molecule has 1 aliphatic rings. The molecule has 1 N–H and O–H groups in total. The van der Waals surface area contributed by atoms with Gasteiger partial charge in [-0.3, -0.25) is 14.2 Å². The van der Waals surface area contributed by atoms with Crippen LogP contribution in [0.5, 0.6) is 0 Å². The number of aryl methyl sites for hydroxylation is 4. The quantitative estimate of drug-likeness (QED) is 0.668. The number of benzene rings is 1. The van der Waals surface area contributed by atoms with E-state index < -0.39 is 11.9 Å². The lowest BCUT2D eigenvalue weighted by Gasteiger charge is -2.20. The van der Waals surface area contributed by atoms with E-state index in [4.69, 9.17) is 0 Å². The summed E-state index contributed by atoms with van der Waals surface area (Å²) in [5, 5.41) is 11.1. The van der Waals surface area contributed by atoms with Gasteiger partial charge < -0.3 is 9.67 Å². The fourth-order valence-electron chi connectivity index (χ4n) is 5.16. The van der Waals surface area contributed by atoms with Crippen molar-refractivity contribution in [1.29, 1.82) is 0 Å². The Morgan fingerprint density at radius 1 is 1.10 bits per heavy atom. The first-order valence-corrected chi connectivity index (χ1v) is 10.9. The first-order valence-electron chi connectivity index (χ1n) is 10.9. The number of hydrogen-bond donors (Lipinski definition) is 1. The van der Waals surface area contributed by atoms with Gasteiger partial charge in [0.2, 0.25) is 0 Å². The van der Waals surface area contributed by atoms with E-state index in [1.807, 2.05) is 45.2 Å². The number of nitrogens with zero attached hydrogens (tertiary/aromatic N) is 2. The SMILES string of the molecule is CCCC(C(=O)O)c1c(-c2ccc(C)cc2)c2c3c(n(C)c2n(C)c1=O)CCCC3. The van der Waals surface area contributed by atoms with E-state index in [1.54, 1.807) is 11.6 Å². The Balaban J connectivity index is 2.21. The molecule has 0 amide bonds. The van der Waals surface area contributed by atoms with E-state index >= 15 is 0 Å². The number of carbonyl (C=O) groups is 1. The highest BCUT2D eigenvalue weighted by molar-refractivity contribution is 6.00. The van der Waals surface area contributed by atoms with Crippen LogP contribution in [0, 0.1) is 6.92 Å². The third-order valence-electron chi connectivity index (χ3n) is 6.62. The molecule has 3 aromatic rings. The summed E-state index contributed by atoms with van der Waals surface area (Å²) in [6, 6.07) is 8.13. The second-order valence-electron chi connectivity index (χ2n) is 8.59. The standard InChI is InChI=1S/C25H30N2O3/c1-5-8-18(25(29)30)22-20(16-13-11-15(2)12-14-16)21-17-9-6-7-10-19(17)26(3)23(21)27(4)24(22)28/h11-14,18H,5-10H2,1-4H3,(H,29,30). The summed E-state index contributed by atoms with van der Waals surface area (Å²) in [6.07, 6.45) is 5.38. The topological polar surface area (TPSA) is 64.2 Å². The summed E-state index contributed by atoms with van der Waals surface area (Å²) in [4.78, 5) is 25.9. The molecular weight excluding hydrogens is 376 g/mol. The minimum atomic E-state index is -0.925. The van der Waals surface area contributed by atoms with Gasteiger partial charge >= 0.3 is 5.97 Å². The molecule has 0 saturated carbocycles. The molecular formula is C25H30N2O3. The molecule has 0 saturated heterocycles. The predicted molar refractivity (Wildman–Crippen MR) is 120 cm³/mol. The third kappa shape index (κ3) is 3.08. The van der Waals surface area contributed by atoms with Crippen LogP contribution in [-0.4, -0.2) is 20.2 Å². The smallest absolute Gasteiger partial charge is 0.311 e. The van der Waals surface area contributed by atoms with Crippen LogP contribution in [0.15, 0.2) is 29.1 Å². The Hall–Kier alpha value is -2.82. The number of carboxylic acids is 1. The Labute approximate surface area is 177 Å². The largest absolute Gasteiger partial charge is 0.481 e. The van der Waals surface area contributed by atoms with Gasteiger partial charge in [0.1, 0.15) is 5.65 Å². The minimum absolute atomic E-state index is 0.197. The van der Waals surface area contributed by atoms with Gasteiger partial charge in [0.15, 0.2) is 0 Å². The zero-order chi connectivity index (χ0) is 21.6. The van der Waals surface area contributed by atoms with Crippen molar-refractivity contribution in [2.45, 2.75) is 58.3 Å². The minimum Gasteiger partial charge on any atom is -0.481 e. The van der Waals surface area contributed by atoms with E-state index in [2.05, 4.69) is 4.57 Å². The van der Waals surface area contributed by atoms with Gasteiger partial charge in [-0.05, 0) is 50.2 Å². The van der Waals surface area contributed by atoms with Crippen LogP contribution < -0.4 is 5.56 Å². The molecule has 0 spiro atoms. The summed E-state index contributed by atoms with van der Waals surface area (Å²) < 4.78 is 3.83. The average Bonchev–Trinajstić information content (AvgIpc) is 3.03. The molecule has 0 radical (unpaired) electrons. The highest BCUT2D eigenvalue weighted by Gasteiger charge is 2.32. The number of pyridine rings is 1. The fourth-order valence-corrected chi connectivity index (χ4v) is 5.16. The van der Waals surface area contributed by atoms with E-state index in [-0.39, 0.29) is 5.56 Å². The van der Waals surface area contributed by atoms with E-state index in [0.29, 0.717) is 18.4 Å². The van der Waals surface area contributed by atoms with Crippen molar-refractivity contribution < 1.29 is 9.90 Å². The normalized spacial score (nSPS) is 14.7. The molecule has 1 atom stereocenters. The molecule has 0 aliphatic heterocycles. The molecule has 2 heterocycles. The van der Waals surface area contributed by atoms with E-state index in [1.165, 1.54) is 11.3 Å². The van der Waals surface area contributed by atoms with Gasteiger partial charge in [0.25, 0.3) is 5.56 Å². The van der Waals surface area contributed by atoms with Crippen LogP contribution in [0.25, 0.3) is 22.2 Å². The first kappa shape index (κ1) is 20.5. The molecule has 0 fully saturated rings. The number of aromatic nitrogens is 2. The lowest BCUT2D eigenvalue weighted by molar-refractivity contribution is -0.139. The van der Waals surface area contributed by atoms with Gasteiger partial charge in [-0.25, -0.2) is 0 Å². The zero-order valence-electron chi connectivity index (χ0n) is 18.3. The zero-order valence-corrected chi connectivity index (χ0v) is 18.3. The van der Waals surface area contributed by atoms with Gasteiger partial charge in [-0.1, -0.05) is 43.2 Å². The van der Waals surface area contributed by atoms with Crippen LogP contribution >= 0.6 is 0 Å². The summed E-state index contributed by atoms with van der Waals surface area (Å²) >= 11 is 0. The Morgan fingerprint density at radius 2 is 1.77 bits per heavy atom. The maximum atomic E-state index is 13.6. The van der Waals surface area contributed by atoms with Gasteiger partial charge in [-0.15, -0.1) is 0 Å². The third-order valence-corrected chi connectivity index (χ3v) is 6.62. The lowest BCUT2D eigenvalue weighted by atomic mass is 9.84. The average molecular weight is 407 g/mol. The van der Waals surface area contributed by atoms with Crippen molar-refractivity contribution in [1.82, 2.24) is 9.13 Å². The number of aliphatic carboxylic acids is 1. The molecule has 0 bridgehead atoms. The summed E-state index contributed by atoms with van der Waals surface area (Å²) in [6.45, 7) is 4.00. The second kappa shape index (κ2) is 7.78. The highest BCUT2D eigenvalue weighted by Crippen LogP contribution is 2.41. The molecule has 5 nitrogen and oxygen atoms in total. The maximum absolute atomic E-state index is 13.6. The molecule has 2 aromatic heterocycles. The van der Waals surface area contributed by atoms with Crippen molar-refractivity contribution in [3.8, 4) is 11.1 Å². The van der Waals surface area contributed by atoms with Crippen molar-refractivity contribution in [3.05, 3.63) is 57.0 Å². The second-order valence-corrected chi connectivity index (χ2v) is 8.59. The van der Waals surface area contributed by atoms with Crippen LogP contribution in [0.1, 0.15) is 60.9 Å². The Morgan fingerprint density at radius 3 is 2.40 bits per heavy atom. The summed E-state index contributed by atoms with van der Waals surface area (Å²) in [5.74, 6) is -1.74. The summed E-state index contributed by atoms with van der Waals surface area (Å²) in [7, 11) is 3.81. The summed E-state index contributed by atoms with van der Waals surface area (Å²) in [5.41, 5.74) is 6.59. The molecule has 5 heteroatoms. The molecule has 1 aromatic carbocycles. The van der Waals surface area contributed by atoms with Crippen LogP contribution in [0.3, 0.4) is 0 Å². The molecule has 158 valence electrons. The van der Waals surface area contributed by atoms with Gasteiger partial charge in [0.05, 0.1) is 5.92 Å². The fraction of sp³-hybridized carbons (Fsp3) is 0.440. The Bertz CT molecular complexity index is 1180. The predicted octanol–water partition coefficient (Wildman–Crippen LogP) is 4.70. The highest BCUT2D eigenvalue weighted by atomic mass is 16.4. The van der Waals surface area contributed by atoms with Gasteiger partial charge in [-0.2, -0.15) is 0 Å². The van der Waals surface area contributed by atoms with Crippen molar-refractivity contribution in [3.63, 3.8) is 0 Å². The van der Waals surface area contributed by atoms with Crippen LogP contribution in [0.4, 0.5) is 0 Å². The monoisotopic (exact) mass is 406 g/mol. The molecule has 4 rings (SSSR count). The van der Waals surface area contributed by atoms with Crippen molar-refractivity contribution in [2.24, 2.45) is 14.1 Å². The van der Waals surface area contributed by atoms with Crippen molar-refractivity contribution in [2.75, 3.05) is 0 Å². The lowest BCUT2D eigenvalue weighted by Crippen LogP contribution is -2.29. The number of fused-ring (bicyclic) bond motifs is 3.